The van der Waals surface area contributed by atoms with E-state index in [9.17, 15) is 13.2 Å². The average molecular weight is 358 g/mol. The molecule has 0 unspecified atom stereocenters. The van der Waals surface area contributed by atoms with Crippen molar-refractivity contribution in [2.24, 2.45) is 0 Å². The van der Waals surface area contributed by atoms with Crippen LogP contribution in [0.5, 0.6) is 0 Å². The zero-order valence-electron chi connectivity index (χ0n) is 13.1. The molecule has 10 heteroatoms. The molecule has 0 saturated carbocycles. The highest BCUT2D eigenvalue weighted by molar-refractivity contribution is 7.92. The number of pyridine rings is 1. The highest BCUT2D eigenvalue weighted by atomic mass is 32.2. The van der Waals surface area contributed by atoms with Crippen molar-refractivity contribution >= 4 is 27.3 Å². The number of aromatic nitrogens is 4. The molecule has 3 aromatic rings. The molecule has 0 radical (unpaired) electrons. The smallest absolute Gasteiger partial charge is 0.262 e. The highest BCUT2D eigenvalue weighted by Crippen LogP contribution is 2.21. The minimum Gasteiger partial charge on any atom is -0.326 e. The maximum absolute atomic E-state index is 12.6. The first kappa shape index (κ1) is 16.6. The summed E-state index contributed by atoms with van der Waals surface area (Å²) in [5.74, 6) is 0.0695. The minimum absolute atomic E-state index is 0.0509. The van der Waals surface area contributed by atoms with Gasteiger partial charge in [-0.05, 0) is 36.4 Å². The van der Waals surface area contributed by atoms with Crippen LogP contribution in [0.25, 0.3) is 5.82 Å². The van der Waals surface area contributed by atoms with Crippen molar-refractivity contribution in [3.8, 4) is 5.82 Å². The van der Waals surface area contributed by atoms with Gasteiger partial charge in [0.1, 0.15) is 12.7 Å². The van der Waals surface area contributed by atoms with E-state index in [4.69, 9.17) is 0 Å². The van der Waals surface area contributed by atoms with E-state index in [1.54, 1.807) is 12.1 Å². The van der Waals surface area contributed by atoms with Crippen molar-refractivity contribution in [1.29, 1.82) is 0 Å². The number of carbonyl (C=O) groups excluding carboxylic acids is 1. The van der Waals surface area contributed by atoms with Crippen molar-refractivity contribution in [3.63, 3.8) is 0 Å². The Kier molecular flexibility index (Phi) is 4.44. The molecule has 0 aliphatic carbocycles. The molecule has 0 aliphatic heterocycles. The summed E-state index contributed by atoms with van der Waals surface area (Å²) >= 11 is 0. The molecule has 0 saturated heterocycles. The summed E-state index contributed by atoms with van der Waals surface area (Å²) < 4.78 is 29.0. The molecule has 0 spiro atoms. The van der Waals surface area contributed by atoms with Crippen LogP contribution in [0.15, 0.2) is 60.1 Å². The number of nitrogens with zero attached hydrogens (tertiary/aromatic N) is 4. The molecule has 2 N–H and O–H groups in total. The standard InChI is InChI=1S/C15H14N6O3S/c1-11(22)19-12-4-6-13(7-5-12)25(23,24)20-14-3-2-8-17-15(14)21-10-16-9-18-21/h2-10,20H,1H3,(H,19,22). The van der Waals surface area contributed by atoms with Crippen molar-refractivity contribution in [3.05, 3.63) is 55.2 Å². The number of rotatable bonds is 5. The van der Waals surface area contributed by atoms with Gasteiger partial charge in [0, 0.05) is 18.8 Å². The third-order valence-electron chi connectivity index (χ3n) is 3.15. The van der Waals surface area contributed by atoms with E-state index in [2.05, 4.69) is 25.1 Å². The van der Waals surface area contributed by atoms with Gasteiger partial charge in [0.25, 0.3) is 10.0 Å². The van der Waals surface area contributed by atoms with Gasteiger partial charge in [-0.25, -0.2) is 23.1 Å². The first-order valence-corrected chi connectivity index (χ1v) is 8.64. The number of anilines is 2. The molecule has 0 atom stereocenters. The second-order valence-corrected chi connectivity index (χ2v) is 6.71. The van der Waals surface area contributed by atoms with Crippen LogP contribution in [0.1, 0.15) is 6.92 Å². The Labute approximate surface area is 143 Å². The summed E-state index contributed by atoms with van der Waals surface area (Å²) in [7, 11) is -3.84. The maximum atomic E-state index is 12.6. The Balaban J connectivity index is 1.89. The lowest BCUT2D eigenvalue weighted by Crippen LogP contribution is -2.15. The molecule has 1 aromatic carbocycles. The molecule has 1 amide bonds. The van der Waals surface area contributed by atoms with Gasteiger partial charge in [0.15, 0.2) is 5.82 Å². The van der Waals surface area contributed by atoms with Crippen molar-refractivity contribution in [1.82, 2.24) is 19.7 Å². The van der Waals surface area contributed by atoms with E-state index in [0.717, 1.165) is 0 Å². The van der Waals surface area contributed by atoms with E-state index in [-0.39, 0.29) is 16.5 Å². The number of nitrogens with one attached hydrogen (secondary N) is 2. The van der Waals surface area contributed by atoms with Crippen molar-refractivity contribution in [2.75, 3.05) is 10.0 Å². The van der Waals surface area contributed by atoms with Gasteiger partial charge in [0.2, 0.25) is 5.91 Å². The fraction of sp³-hybridized carbons (Fsp3) is 0.0667. The Hall–Kier alpha value is -3.27. The fourth-order valence-corrected chi connectivity index (χ4v) is 3.16. The lowest BCUT2D eigenvalue weighted by atomic mass is 10.3. The van der Waals surface area contributed by atoms with Gasteiger partial charge >= 0.3 is 0 Å². The van der Waals surface area contributed by atoms with Crippen LogP contribution < -0.4 is 10.0 Å². The number of hydrogen-bond donors (Lipinski definition) is 2. The number of benzene rings is 1. The third-order valence-corrected chi connectivity index (χ3v) is 4.53. The van der Waals surface area contributed by atoms with Crippen LogP contribution in [0.3, 0.4) is 0 Å². The van der Waals surface area contributed by atoms with Crippen LogP contribution in [0.2, 0.25) is 0 Å². The van der Waals surface area contributed by atoms with Gasteiger partial charge in [-0.2, -0.15) is 5.10 Å². The molecule has 0 bridgehead atoms. The molecular formula is C15H14N6O3S. The summed E-state index contributed by atoms with van der Waals surface area (Å²) in [6, 6.07) is 9.01. The van der Waals surface area contributed by atoms with E-state index in [1.165, 1.54) is 54.7 Å². The van der Waals surface area contributed by atoms with Crippen LogP contribution in [0, 0.1) is 0 Å². The van der Waals surface area contributed by atoms with E-state index < -0.39 is 10.0 Å². The van der Waals surface area contributed by atoms with Crippen LogP contribution in [-0.2, 0) is 14.8 Å². The molecule has 2 aromatic heterocycles. The van der Waals surface area contributed by atoms with Crippen LogP contribution in [-0.4, -0.2) is 34.1 Å². The number of amides is 1. The zero-order valence-corrected chi connectivity index (χ0v) is 13.9. The number of hydrogen-bond acceptors (Lipinski definition) is 6. The topological polar surface area (TPSA) is 119 Å². The monoisotopic (exact) mass is 358 g/mol. The Morgan fingerprint density at radius 2 is 1.92 bits per heavy atom. The predicted octanol–water partition coefficient (Wildman–Crippen LogP) is 1.42. The van der Waals surface area contributed by atoms with Gasteiger partial charge in [-0.3, -0.25) is 9.52 Å². The fourth-order valence-electron chi connectivity index (χ4n) is 2.10. The highest BCUT2D eigenvalue weighted by Gasteiger charge is 2.17. The van der Waals surface area contributed by atoms with E-state index in [0.29, 0.717) is 11.5 Å². The molecule has 25 heavy (non-hydrogen) atoms. The van der Waals surface area contributed by atoms with Crippen LogP contribution >= 0.6 is 0 Å². The number of sulfonamides is 1. The lowest BCUT2D eigenvalue weighted by Gasteiger charge is -2.11. The largest absolute Gasteiger partial charge is 0.326 e. The molecular weight excluding hydrogens is 344 g/mol. The molecule has 0 fully saturated rings. The molecule has 9 nitrogen and oxygen atoms in total. The first-order valence-electron chi connectivity index (χ1n) is 7.16. The lowest BCUT2D eigenvalue weighted by molar-refractivity contribution is -0.114. The SMILES string of the molecule is CC(=O)Nc1ccc(S(=O)(=O)Nc2cccnc2-n2cncn2)cc1. The first-order chi connectivity index (χ1) is 12.0. The Bertz CT molecular complexity index is 984. The predicted molar refractivity (Wildman–Crippen MR) is 90.7 cm³/mol. The van der Waals surface area contributed by atoms with Gasteiger partial charge in [0.05, 0.1) is 10.6 Å². The van der Waals surface area contributed by atoms with Crippen molar-refractivity contribution in [2.45, 2.75) is 11.8 Å². The minimum atomic E-state index is -3.84. The maximum Gasteiger partial charge on any atom is 0.262 e. The Morgan fingerprint density at radius 3 is 2.56 bits per heavy atom. The zero-order chi connectivity index (χ0) is 17.9. The van der Waals surface area contributed by atoms with E-state index >= 15 is 0 Å². The number of carbonyl (C=O) groups is 1. The van der Waals surface area contributed by atoms with Crippen LogP contribution in [0.4, 0.5) is 11.4 Å². The van der Waals surface area contributed by atoms with Gasteiger partial charge in [-0.1, -0.05) is 0 Å². The molecule has 3 rings (SSSR count). The molecule has 2 heterocycles. The average Bonchev–Trinajstić information content (AvgIpc) is 3.09. The summed E-state index contributed by atoms with van der Waals surface area (Å²) in [6.45, 7) is 1.38. The third kappa shape index (κ3) is 3.80. The second-order valence-electron chi connectivity index (χ2n) is 5.03. The van der Waals surface area contributed by atoms with Crippen molar-refractivity contribution < 1.29 is 13.2 Å². The quantitative estimate of drug-likeness (QED) is 0.712. The normalized spacial score (nSPS) is 11.1. The van der Waals surface area contributed by atoms with E-state index in [1.807, 2.05) is 0 Å². The molecule has 0 aliphatic rings. The summed E-state index contributed by atoms with van der Waals surface area (Å²) in [5, 5.41) is 6.54. The second kappa shape index (κ2) is 6.69. The summed E-state index contributed by atoms with van der Waals surface area (Å²) in [4.78, 5) is 19.0. The molecule has 128 valence electrons. The van der Waals surface area contributed by atoms with Gasteiger partial charge < -0.3 is 5.32 Å². The summed E-state index contributed by atoms with van der Waals surface area (Å²) in [6.07, 6.45) is 4.27. The Morgan fingerprint density at radius 1 is 1.16 bits per heavy atom. The van der Waals surface area contributed by atoms with Gasteiger partial charge in [-0.15, -0.1) is 0 Å². The summed E-state index contributed by atoms with van der Waals surface area (Å²) in [5.41, 5.74) is 0.773.